The summed E-state index contributed by atoms with van der Waals surface area (Å²) in [7, 11) is 0. The highest BCUT2D eigenvalue weighted by Crippen LogP contribution is 2.25. The van der Waals surface area contributed by atoms with Gasteiger partial charge in [0.15, 0.2) is 0 Å². The maximum absolute atomic E-state index is 13.0. The van der Waals surface area contributed by atoms with Crippen LogP contribution in [0.2, 0.25) is 5.02 Å². The van der Waals surface area contributed by atoms with Crippen molar-refractivity contribution >= 4 is 41.2 Å². The number of nitrogens with one attached hydrogen (secondary N) is 1. The van der Waals surface area contributed by atoms with Crippen LogP contribution < -0.4 is 19.7 Å². The number of rotatable bonds is 9. The van der Waals surface area contributed by atoms with Crippen molar-refractivity contribution in [3.63, 3.8) is 0 Å². The molecule has 0 spiro atoms. The summed E-state index contributed by atoms with van der Waals surface area (Å²) in [5.74, 6) is 0.347. The number of anilines is 1. The van der Waals surface area contributed by atoms with Gasteiger partial charge in [0.25, 0.3) is 11.8 Å². The molecular formula is C29H27ClN2O5. The molecule has 1 unspecified atom stereocenters. The first kappa shape index (κ1) is 26.0. The molecule has 1 aliphatic heterocycles. The zero-order valence-corrected chi connectivity index (χ0v) is 21.3. The Kier molecular flexibility index (Phi) is 8.25. The summed E-state index contributed by atoms with van der Waals surface area (Å²) in [6.45, 7) is 5.02. The summed E-state index contributed by atoms with van der Waals surface area (Å²) in [6, 6.07) is 20.4. The van der Waals surface area contributed by atoms with Crippen molar-refractivity contribution in [3.05, 3.63) is 94.5 Å². The largest absolute Gasteiger partial charge is 0.490 e. The van der Waals surface area contributed by atoms with E-state index in [4.69, 9.17) is 21.1 Å². The lowest BCUT2D eigenvalue weighted by Crippen LogP contribution is -2.54. The van der Waals surface area contributed by atoms with Gasteiger partial charge >= 0.3 is 6.03 Å². The molecule has 4 amide bonds. The van der Waals surface area contributed by atoms with Crippen LogP contribution in [-0.4, -0.2) is 31.1 Å². The maximum atomic E-state index is 13.0. The lowest BCUT2D eigenvalue weighted by molar-refractivity contribution is -0.122. The molecule has 1 saturated heterocycles. The number of carbonyl (C=O) groups is 3. The van der Waals surface area contributed by atoms with Crippen LogP contribution in [0.4, 0.5) is 10.5 Å². The first-order valence-electron chi connectivity index (χ1n) is 12.0. The molecule has 3 aromatic carbocycles. The summed E-state index contributed by atoms with van der Waals surface area (Å²) in [6.07, 6.45) is 2.51. The van der Waals surface area contributed by atoms with Crippen molar-refractivity contribution < 1.29 is 23.9 Å². The number of hydrogen-bond acceptors (Lipinski definition) is 5. The van der Waals surface area contributed by atoms with Crippen molar-refractivity contribution in [1.29, 1.82) is 0 Å². The number of benzene rings is 3. The van der Waals surface area contributed by atoms with Crippen molar-refractivity contribution in [2.24, 2.45) is 0 Å². The Morgan fingerprint density at radius 3 is 2.27 bits per heavy atom. The number of halogens is 1. The fraction of sp³-hybridized carbons (Fsp3) is 0.207. The van der Waals surface area contributed by atoms with Crippen LogP contribution in [-0.2, 0) is 9.59 Å². The molecule has 0 saturated carbocycles. The fourth-order valence-electron chi connectivity index (χ4n) is 3.79. The number of urea groups is 1. The van der Waals surface area contributed by atoms with E-state index < -0.39 is 17.8 Å². The van der Waals surface area contributed by atoms with E-state index >= 15 is 0 Å². The van der Waals surface area contributed by atoms with E-state index in [-0.39, 0.29) is 5.57 Å². The SMILES string of the molecule is CCC(C)c1ccc(OCCOc2cccc(/C=C3/C(=O)NC(=O)N(c4ccc(Cl)cc4)C3=O)c2)cc1. The van der Waals surface area contributed by atoms with Gasteiger partial charge in [-0.25, -0.2) is 9.69 Å². The average molecular weight is 519 g/mol. The van der Waals surface area contributed by atoms with E-state index in [1.54, 1.807) is 36.4 Å². The van der Waals surface area contributed by atoms with Gasteiger partial charge < -0.3 is 9.47 Å². The second kappa shape index (κ2) is 11.8. The zero-order valence-electron chi connectivity index (χ0n) is 20.6. The average Bonchev–Trinajstić information content (AvgIpc) is 2.90. The Morgan fingerprint density at radius 2 is 1.59 bits per heavy atom. The molecule has 0 aromatic heterocycles. The Hall–Kier alpha value is -4.10. The number of nitrogens with zero attached hydrogens (tertiary/aromatic N) is 1. The van der Waals surface area contributed by atoms with E-state index in [1.807, 2.05) is 12.1 Å². The number of barbiturate groups is 1. The van der Waals surface area contributed by atoms with Crippen LogP contribution in [0.3, 0.4) is 0 Å². The van der Waals surface area contributed by atoms with Gasteiger partial charge in [0.1, 0.15) is 30.3 Å². The molecule has 8 heteroatoms. The monoisotopic (exact) mass is 518 g/mol. The summed E-state index contributed by atoms with van der Waals surface area (Å²) in [5.41, 5.74) is 1.98. The van der Waals surface area contributed by atoms with E-state index in [1.165, 1.54) is 23.8 Å². The highest BCUT2D eigenvalue weighted by molar-refractivity contribution is 6.39. The van der Waals surface area contributed by atoms with Crippen molar-refractivity contribution in [1.82, 2.24) is 5.32 Å². The van der Waals surface area contributed by atoms with Crippen LogP contribution >= 0.6 is 11.6 Å². The molecular weight excluding hydrogens is 492 g/mol. The zero-order chi connectivity index (χ0) is 26.4. The lowest BCUT2D eigenvalue weighted by atomic mass is 9.99. The number of imide groups is 2. The number of amides is 4. The van der Waals surface area contributed by atoms with Gasteiger partial charge in [-0.2, -0.15) is 0 Å². The molecule has 0 aliphatic carbocycles. The van der Waals surface area contributed by atoms with E-state index in [0.29, 0.717) is 41.2 Å². The second-order valence-electron chi connectivity index (χ2n) is 8.58. The second-order valence-corrected chi connectivity index (χ2v) is 9.02. The molecule has 1 aliphatic rings. The van der Waals surface area contributed by atoms with Crippen LogP contribution in [0.1, 0.15) is 37.3 Å². The predicted molar refractivity (Wildman–Crippen MR) is 143 cm³/mol. The Morgan fingerprint density at radius 1 is 0.919 bits per heavy atom. The number of hydrogen-bond donors (Lipinski definition) is 1. The molecule has 1 heterocycles. The van der Waals surface area contributed by atoms with Gasteiger partial charge in [-0.1, -0.05) is 49.7 Å². The summed E-state index contributed by atoms with van der Waals surface area (Å²) >= 11 is 5.91. The van der Waals surface area contributed by atoms with Crippen LogP contribution in [0.5, 0.6) is 11.5 Å². The van der Waals surface area contributed by atoms with Crippen LogP contribution in [0.15, 0.2) is 78.4 Å². The Labute approximate surface area is 220 Å². The van der Waals surface area contributed by atoms with Gasteiger partial charge in [-0.15, -0.1) is 0 Å². The van der Waals surface area contributed by atoms with Crippen LogP contribution in [0.25, 0.3) is 6.08 Å². The fourth-order valence-corrected chi connectivity index (χ4v) is 3.92. The van der Waals surface area contributed by atoms with Crippen molar-refractivity contribution in [2.45, 2.75) is 26.2 Å². The Balaban J connectivity index is 1.39. The number of carbonyl (C=O) groups excluding carboxylic acids is 3. The predicted octanol–water partition coefficient (Wildman–Crippen LogP) is 5.98. The minimum atomic E-state index is -0.818. The maximum Gasteiger partial charge on any atom is 0.335 e. The van der Waals surface area contributed by atoms with Gasteiger partial charge in [0.05, 0.1) is 5.69 Å². The molecule has 37 heavy (non-hydrogen) atoms. The van der Waals surface area contributed by atoms with Crippen molar-refractivity contribution in [3.8, 4) is 11.5 Å². The lowest BCUT2D eigenvalue weighted by Gasteiger charge is -2.26. The standard InChI is InChI=1S/C29H27ClN2O5/c1-3-19(2)21-7-13-24(14-8-21)36-15-16-37-25-6-4-5-20(17-25)18-26-27(33)31-29(35)32(28(26)34)23-11-9-22(30)10-12-23/h4-14,17-19H,3,15-16H2,1-2H3,(H,31,33,35)/b26-18-. The Bertz CT molecular complexity index is 1320. The topological polar surface area (TPSA) is 84.9 Å². The van der Waals surface area contributed by atoms with Crippen molar-refractivity contribution in [2.75, 3.05) is 18.1 Å². The van der Waals surface area contributed by atoms with Gasteiger partial charge in [0.2, 0.25) is 0 Å². The van der Waals surface area contributed by atoms with E-state index in [9.17, 15) is 14.4 Å². The molecule has 3 aromatic rings. The molecule has 0 bridgehead atoms. The van der Waals surface area contributed by atoms with Gasteiger partial charge in [0, 0.05) is 5.02 Å². The molecule has 1 fully saturated rings. The molecule has 1 atom stereocenters. The molecule has 190 valence electrons. The first-order valence-corrected chi connectivity index (χ1v) is 12.4. The number of ether oxygens (including phenoxy) is 2. The summed E-state index contributed by atoms with van der Waals surface area (Å²) < 4.78 is 11.6. The minimum Gasteiger partial charge on any atom is -0.490 e. The highest BCUT2D eigenvalue weighted by atomic mass is 35.5. The quantitative estimate of drug-likeness (QED) is 0.214. The minimum absolute atomic E-state index is 0.170. The van der Waals surface area contributed by atoms with E-state index in [2.05, 4.69) is 31.3 Å². The molecule has 7 nitrogen and oxygen atoms in total. The third-order valence-corrected chi connectivity index (χ3v) is 6.29. The van der Waals surface area contributed by atoms with E-state index in [0.717, 1.165) is 17.1 Å². The smallest absolute Gasteiger partial charge is 0.335 e. The van der Waals surface area contributed by atoms with Gasteiger partial charge in [-0.05, 0) is 78.1 Å². The summed E-state index contributed by atoms with van der Waals surface area (Å²) in [5, 5.41) is 2.67. The van der Waals surface area contributed by atoms with Gasteiger partial charge in [-0.3, -0.25) is 14.9 Å². The molecule has 1 N–H and O–H groups in total. The third kappa shape index (κ3) is 6.37. The highest BCUT2D eigenvalue weighted by Gasteiger charge is 2.36. The molecule has 4 rings (SSSR count). The summed E-state index contributed by atoms with van der Waals surface area (Å²) in [4.78, 5) is 38.7. The van der Waals surface area contributed by atoms with Crippen LogP contribution in [0, 0.1) is 0 Å². The third-order valence-electron chi connectivity index (χ3n) is 6.04. The molecule has 0 radical (unpaired) electrons. The normalized spacial score (nSPS) is 15.5. The first-order chi connectivity index (χ1) is 17.9.